The molecule has 0 saturated heterocycles. The van der Waals surface area contributed by atoms with Crippen LogP contribution in [-0.4, -0.2) is 41.7 Å². The molecule has 116 valence electrons. The maximum Gasteiger partial charge on any atom is 0.260 e. The Bertz CT molecular complexity index is 490. The van der Waals surface area contributed by atoms with Gasteiger partial charge in [0.1, 0.15) is 5.75 Å². The molecule has 1 aliphatic carbocycles. The molecule has 1 N–H and O–H groups in total. The van der Waals surface area contributed by atoms with Gasteiger partial charge in [0.15, 0.2) is 6.61 Å². The number of carbonyl (C=O) groups excluding carboxylic acids is 1. The largest absolute Gasteiger partial charge is 0.482 e. The van der Waals surface area contributed by atoms with Crippen LogP contribution in [0, 0.1) is 0 Å². The van der Waals surface area contributed by atoms with Crippen molar-refractivity contribution < 1.29 is 14.6 Å². The van der Waals surface area contributed by atoms with Crippen molar-refractivity contribution in [3.63, 3.8) is 0 Å². The van der Waals surface area contributed by atoms with Crippen molar-refractivity contribution in [1.29, 1.82) is 0 Å². The quantitative estimate of drug-likeness (QED) is 0.871. The third-order valence-corrected chi connectivity index (χ3v) is 4.22. The molecular formula is C15H19Cl2NO3. The van der Waals surface area contributed by atoms with Gasteiger partial charge in [0.2, 0.25) is 0 Å². The molecule has 0 radical (unpaired) electrons. The Balaban J connectivity index is 1.96. The SMILES string of the molecule is O=C(COc1cc(Cl)ccc1Cl)N(CCO)C1CCCC1. The van der Waals surface area contributed by atoms with Gasteiger partial charge in [-0.25, -0.2) is 0 Å². The summed E-state index contributed by atoms with van der Waals surface area (Å²) in [6.07, 6.45) is 4.23. The molecule has 1 aromatic rings. The monoisotopic (exact) mass is 331 g/mol. The smallest absolute Gasteiger partial charge is 0.260 e. The Morgan fingerprint density at radius 3 is 2.71 bits per heavy atom. The summed E-state index contributed by atoms with van der Waals surface area (Å²) in [6.45, 7) is 0.201. The summed E-state index contributed by atoms with van der Waals surface area (Å²) in [6, 6.07) is 5.09. The number of carbonyl (C=O) groups is 1. The van der Waals surface area contributed by atoms with Gasteiger partial charge in [-0.2, -0.15) is 0 Å². The highest BCUT2D eigenvalue weighted by atomic mass is 35.5. The van der Waals surface area contributed by atoms with Crippen molar-refractivity contribution in [2.45, 2.75) is 31.7 Å². The first-order valence-electron chi connectivity index (χ1n) is 7.10. The van der Waals surface area contributed by atoms with Crippen LogP contribution < -0.4 is 4.74 Å². The lowest BCUT2D eigenvalue weighted by Crippen LogP contribution is -2.43. The molecule has 0 aromatic heterocycles. The zero-order valence-corrected chi connectivity index (χ0v) is 13.2. The number of aliphatic hydroxyl groups is 1. The van der Waals surface area contributed by atoms with Crippen molar-refractivity contribution in [2.75, 3.05) is 19.8 Å². The van der Waals surface area contributed by atoms with E-state index >= 15 is 0 Å². The summed E-state index contributed by atoms with van der Waals surface area (Å²) in [4.78, 5) is 14.0. The molecular weight excluding hydrogens is 313 g/mol. The molecule has 21 heavy (non-hydrogen) atoms. The average molecular weight is 332 g/mol. The third-order valence-electron chi connectivity index (χ3n) is 3.67. The molecule has 0 aliphatic heterocycles. The zero-order valence-electron chi connectivity index (χ0n) is 11.7. The van der Waals surface area contributed by atoms with E-state index in [0.717, 1.165) is 25.7 Å². The van der Waals surface area contributed by atoms with Crippen LogP contribution >= 0.6 is 23.2 Å². The topological polar surface area (TPSA) is 49.8 Å². The highest BCUT2D eigenvalue weighted by Crippen LogP contribution is 2.28. The number of benzene rings is 1. The molecule has 1 saturated carbocycles. The second-order valence-corrected chi connectivity index (χ2v) is 5.96. The summed E-state index contributed by atoms with van der Waals surface area (Å²) in [5.74, 6) is 0.264. The summed E-state index contributed by atoms with van der Waals surface area (Å²) >= 11 is 11.9. The van der Waals surface area contributed by atoms with Crippen LogP contribution in [0.15, 0.2) is 18.2 Å². The molecule has 1 amide bonds. The van der Waals surface area contributed by atoms with Crippen molar-refractivity contribution in [3.05, 3.63) is 28.2 Å². The van der Waals surface area contributed by atoms with Crippen molar-refractivity contribution in [1.82, 2.24) is 4.90 Å². The summed E-state index contributed by atoms with van der Waals surface area (Å²) < 4.78 is 5.48. The van der Waals surface area contributed by atoms with E-state index in [1.165, 1.54) is 0 Å². The van der Waals surface area contributed by atoms with E-state index in [0.29, 0.717) is 22.3 Å². The molecule has 0 spiro atoms. The van der Waals surface area contributed by atoms with Gasteiger partial charge < -0.3 is 14.7 Å². The summed E-state index contributed by atoms with van der Waals surface area (Å²) in [5.41, 5.74) is 0. The van der Waals surface area contributed by atoms with Gasteiger partial charge in [0, 0.05) is 23.7 Å². The minimum Gasteiger partial charge on any atom is -0.482 e. The van der Waals surface area contributed by atoms with E-state index < -0.39 is 0 Å². The maximum absolute atomic E-state index is 12.3. The third kappa shape index (κ3) is 4.50. The van der Waals surface area contributed by atoms with Gasteiger partial charge >= 0.3 is 0 Å². The maximum atomic E-state index is 12.3. The summed E-state index contributed by atoms with van der Waals surface area (Å²) in [7, 11) is 0. The lowest BCUT2D eigenvalue weighted by atomic mass is 10.2. The fourth-order valence-electron chi connectivity index (χ4n) is 2.64. The molecule has 2 rings (SSSR count). The van der Waals surface area contributed by atoms with Crippen LogP contribution in [0.3, 0.4) is 0 Å². The minimum atomic E-state index is -0.132. The molecule has 0 heterocycles. The van der Waals surface area contributed by atoms with E-state index in [1.54, 1.807) is 23.1 Å². The lowest BCUT2D eigenvalue weighted by molar-refractivity contribution is -0.136. The molecule has 1 aliphatic rings. The number of rotatable bonds is 6. The standard InChI is InChI=1S/C15H19Cl2NO3/c16-11-5-6-13(17)14(9-11)21-10-15(20)18(7-8-19)12-3-1-2-4-12/h5-6,9,12,19H,1-4,7-8,10H2. The van der Waals surface area contributed by atoms with E-state index in [9.17, 15) is 4.79 Å². The van der Waals surface area contributed by atoms with Gasteiger partial charge in [0.05, 0.1) is 11.6 Å². The molecule has 1 aromatic carbocycles. The van der Waals surface area contributed by atoms with Crippen LogP contribution in [0.4, 0.5) is 0 Å². The highest BCUT2D eigenvalue weighted by Gasteiger charge is 2.26. The fraction of sp³-hybridized carbons (Fsp3) is 0.533. The first-order chi connectivity index (χ1) is 10.1. The first kappa shape index (κ1) is 16.4. The van der Waals surface area contributed by atoms with Crippen LogP contribution in [-0.2, 0) is 4.79 Å². The van der Waals surface area contributed by atoms with Gasteiger partial charge in [-0.05, 0) is 25.0 Å². The number of aliphatic hydroxyl groups excluding tert-OH is 1. The molecule has 1 fully saturated rings. The van der Waals surface area contributed by atoms with Crippen molar-refractivity contribution in [2.24, 2.45) is 0 Å². The fourth-order valence-corrected chi connectivity index (χ4v) is 2.98. The first-order valence-corrected chi connectivity index (χ1v) is 7.85. The normalized spacial score (nSPS) is 15.2. The van der Waals surface area contributed by atoms with Gasteiger partial charge in [-0.1, -0.05) is 36.0 Å². The number of hydrogen-bond donors (Lipinski definition) is 1. The lowest BCUT2D eigenvalue weighted by Gasteiger charge is -2.28. The molecule has 4 nitrogen and oxygen atoms in total. The Kier molecular flexibility index (Phi) is 6.15. The predicted molar refractivity (Wildman–Crippen MR) is 83.0 cm³/mol. The molecule has 0 atom stereocenters. The Morgan fingerprint density at radius 2 is 2.05 bits per heavy atom. The average Bonchev–Trinajstić information content (AvgIpc) is 2.99. The second kappa shape index (κ2) is 7.87. The van der Waals surface area contributed by atoms with E-state index in [-0.39, 0.29) is 25.2 Å². The van der Waals surface area contributed by atoms with Crippen LogP contribution in [0.2, 0.25) is 10.0 Å². The van der Waals surface area contributed by atoms with E-state index in [1.807, 2.05) is 0 Å². The Hall–Kier alpha value is -0.970. The number of halogens is 2. The zero-order chi connectivity index (χ0) is 15.2. The second-order valence-electron chi connectivity index (χ2n) is 5.11. The highest BCUT2D eigenvalue weighted by molar-refractivity contribution is 6.34. The van der Waals surface area contributed by atoms with Gasteiger partial charge in [-0.15, -0.1) is 0 Å². The molecule has 6 heteroatoms. The van der Waals surface area contributed by atoms with Crippen LogP contribution in [0.5, 0.6) is 5.75 Å². The minimum absolute atomic E-state index is 0.0415. The number of nitrogens with zero attached hydrogens (tertiary/aromatic N) is 1. The molecule has 0 bridgehead atoms. The number of amides is 1. The Labute approximate surface area is 134 Å². The van der Waals surface area contributed by atoms with E-state index in [4.69, 9.17) is 33.0 Å². The van der Waals surface area contributed by atoms with Gasteiger partial charge in [-0.3, -0.25) is 4.79 Å². The number of hydrogen-bond acceptors (Lipinski definition) is 3. The van der Waals surface area contributed by atoms with Gasteiger partial charge in [0.25, 0.3) is 5.91 Å². The van der Waals surface area contributed by atoms with Crippen LogP contribution in [0.25, 0.3) is 0 Å². The molecule has 0 unspecified atom stereocenters. The van der Waals surface area contributed by atoms with Crippen molar-refractivity contribution >= 4 is 29.1 Å². The predicted octanol–water partition coefficient (Wildman–Crippen LogP) is 3.14. The summed E-state index contributed by atoms with van der Waals surface area (Å²) in [5, 5.41) is 10.1. The van der Waals surface area contributed by atoms with E-state index in [2.05, 4.69) is 0 Å². The van der Waals surface area contributed by atoms with Crippen LogP contribution in [0.1, 0.15) is 25.7 Å². The Morgan fingerprint density at radius 1 is 1.33 bits per heavy atom. The van der Waals surface area contributed by atoms with Crippen molar-refractivity contribution in [3.8, 4) is 5.75 Å². The number of ether oxygens (including phenoxy) is 1.